The first kappa shape index (κ1) is 34.6. The van der Waals surface area contributed by atoms with Gasteiger partial charge in [0.05, 0.1) is 24.8 Å². The Kier molecular flexibility index (Phi) is 11.7. The number of amides is 2. The number of anilines is 2. The Labute approximate surface area is 272 Å². The minimum absolute atomic E-state index is 0.0234. The van der Waals surface area contributed by atoms with Crippen LogP contribution in [0.1, 0.15) is 43.1 Å². The zero-order valence-corrected chi connectivity index (χ0v) is 26.9. The summed E-state index contributed by atoms with van der Waals surface area (Å²) >= 11 is 0. The number of benzene rings is 2. The van der Waals surface area contributed by atoms with Crippen LogP contribution in [0.15, 0.2) is 60.8 Å². The molecule has 4 aromatic rings. The van der Waals surface area contributed by atoms with E-state index in [0.717, 1.165) is 12.0 Å². The summed E-state index contributed by atoms with van der Waals surface area (Å²) in [7, 11) is 1.27. The number of ether oxygens (including phenoxy) is 1. The molecule has 250 valence electrons. The third-order valence-corrected chi connectivity index (χ3v) is 7.49. The van der Waals surface area contributed by atoms with Crippen molar-refractivity contribution in [3.63, 3.8) is 0 Å². The van der Waals surface area contributed by atoms with Gasteiger partial charge >= 0.3 is 0 Å². The predicted octanol–water partition coefficient (Wildman–Crippen LogP) is 3.60. The molecule has 0 aliphatic carbocycles. The van der Waals surface area contributed by atoms with Gasteiger partial charge in [-0.3, -0.25) is 14.0 Å². The maximum atomic E-state index is 14.9. The third-order valence-electron chi connectivity index (χ3n) is 7.49. The first-order chi connectivity index (χ1) is 22.6. The molecule has 2 unspecified atom stereocenters. The predicted molar refractivity (Wildman–Crippen MR) is 177 cm³/mol. The SMILES string of the molecule is CC/C=C(\N)NCC(N)C(=O)NCC(C)CNC(=O)c1ccc(Nc2nccn3c(-c4ccc(OC)c(F)c4F)cnc23)cc1CC. The minimum atomic E-state index is -1.08. The number of nitrogens with two attached hydrogens (primary N) is 2. The van der Waals surface area contributed by atoms with E-state index < -0.39 is 17.7 Å². The standard InChI is InChI=1S/C33H41F2N9O3/c1-5-7-27(37)39-17-24(36)33(46)42-16-19(3)15-41-32(45)22-9-8-21(14-20(22)6-2)43-30-31-40-18-25(44(31)13-12-38-30)23-10-11-26(47-4)29(35)28(23)34/h7-14,18-19,24,39H,5-6,15-17,36-37H2,1-4H3,(H,38,43)(H,41,45)(H,42,46)/b27-7+. The van der Waals surface area contributed by atoms with Crippen LogP contribution >= 0.6 is 0 Å². The molecule has 2 amide bonds. The lowest BCUT2D eigenvalue weighted by Gasteiger charge is -2.18. The highest BCUT2D eigenvalue weighted by Crippen LogP contribution is 2.31. The summed E-state index contributed by atoms with van der Waals surface area (Å²) in [4.78, 5) is 34.2. The number of methoxy groups -OCH3 is 1. The maximum Gasteiger partial charge on any atom is 0.251 e. The minimum Gasteiger partial charge on any atom is -0.494 e. The summed E-state index contributed by atoms with van der Waals surface area (Å²) in [6.45, 7) is 6.70. The van der Waals surface area contributed by atoms with Crippen LogP contribution in [-0.4, -0.2) is 59.0 Å². The molecule has 0 aliphatic rings. The number of hydrogen-bond donors (Lipinski definition) is 6. The Hall–Kier alpha value is -5.24. The highest BCUT2D eigenvalue weighted by molar-refractivity contribution is 5.96. The molecule has 2 aromatic heterocycles. The molecule has 0 spiro atoms. The number of carbonyl (C=O) groups is 2. The number of fused-ring (bicyclic) bond motifs is 1. The van der Waals surface area contributed by atoms with Crippen LogP contribution in [0, 0.1) is 17.6 Å². The number of carbonyl (C=O) groups excluding carboxylic acids is 2. The lowest BCUT2D eigenvalue weighted by atomic mass is 10.0. The van der Waals surface area contributed by atoms with Gasteiger partial charge in [0.2, 0.25) is 11.7 Å². The van der Waals surface area contributed by atoms with E-state index in [1.807, 2.05) is 26.8 Å². The van der Waals surface area contributed by atoms with Crippen LogP contribution < -0.4 is 37.5 Å². The van der Waals surface area contributed by atoms with Crippen molar-refractivity contribution in [2.24, 2.45) is 17.4 Å². The van der Waals surface area contributed by atoms with Gasteiger partial charge in [-0.05, 0) is 60.7 Å². The van der Waals surface area contributed by atoms with Crippen LogP contribution in [0.5, 0.6) is 5.75 Å². The van der Waals surface area contributed by atoms with Gasteiger partial charge in [-0.1, -0.05) is 20.8 Å². The number of nitrogens with zero attached hydrogens (tertiary/aromatic N) is 3. The van der Waals surface area contributed by atoms with E-state index in [2.05, 4.69) is 31.2 Å². The molecule has 4 rings (SSSR count). The number of hydrogen-bond acceptors (Lipinski definition) is 9. The third kappa shape index (κ3) is 8.33. The van der Waals surface area contributed by atoms with Gasteiger partial charge in [0, 0.05) is 48.8 Å². The Bertz CT molecular complexity index is 1760. The second kappa shape index (κ2) is 15.9. The summed E-state index contributed by atoms with van der Waals surface area (Å²) in [6, 6.07) is 7.35. The average Bonchev–Trinajstić information content (AvgIpc) is 3.51. The van der Waals surface area contributed by atoms with E-state index in [-0.39, 0.29) is 35.6 Å². The van der Waals surface area contributed by atoms with Gasteiger partial charge < -0.3 is 37.5 Å². The molecule has 2 aromatic carbocycles. The molecule has 0 saturated carbocycles. The van der Waals surface area contributed by atoms with Gasteiger partial charge in [0.25, 0.3) is 5.91 Å². The highest BCUT2D eigenvalue weighted by Gasteiger charge is 2.20. The monoisotopic (exact) mass is 649 g/mol. The van der Waals surface area contributed by atoms with E-state index in [4.69, 9.17) is 16.2 Å². The molecule has 2 atom stereocenters. The van der Waals surface area contributed by atoms with Gasteiger partial charge in [0.1, 0.15) is 6.04 Å². The fraction of sp³-hybridized carbons (Fsp3) is 0.333. The second-order valence-electron chi connectivity index (χ2n) is 11.0. The van der Waals surface area contributed by atoms with Crippen molar-refractivity contribution in [1.29, 1.82) is 0 Å². The summed E-state index contributed by atoms with van der Waals surface area (Å²) in [6.07, 6.45) is 7.73. The Morgan fingerprint density at radius 1 is 1.04 bits per heavy atom. The Balaban J connectivity index is 1.38. The molecule has 0 aliphatic heterocycles. The fourth-order valence-electron chi connectivity index (χ4n) is 4.87. The molecule has 8 N–H and O–H groups in total. The highest BCUT2D eigenvalue weighted by atomic mass is 19.2. The van der Waals surface area contributed by atoms with Crippen molar-refractivity contribution in [3.8, 4) is 17.0 Å². The van der Waals surface area contributed by atoms with Gasteiger partial charge in [-0.2, -0.15) is 4.39 Å². The van der Waals surface area contributed by atoms with E-state index in [1.165, 1.54) is 31.6 Å². The van der Waals surface area contributed by atoms with Crippen molar-refractivity contribution in [2.75, 3.05) is 32.1 Å². The number of aromatic nitrogens is 3. The molecule has 14 heteroatoms. The van der Waals surface area contributed by atoms with Crippen LogP contribution in [0.4, 0.5) is 20.3 Å². The lowest BCUT2D eigenvalue weighted by molar-refractivity contribution is -0.122. The van der Waals surface area contributed by atoms with Crippen molar-refractivity contribution >= 4 is 29.0 Å². The zero-order valence-electron chi connectivity index (χ0n) is 26.9. The van der Waals surface area contributed by atoms with Gasteiger partial charge in [0.15, 0.2) is 23.0 Å². The Morgan fingerprint density at radius 3 is 2.53 bits per heavy atom. The van der Waals surface area contributed by atoms with Crippen molar-refractivity contribution < 1.29 is 23.1 Å². The fourth-order valence-corrected chi connectivity index (χ4v) is 4.87. The summed E-state index contributed by atoms with van der Waals surface area (Å²) < 4.78 is 35.7. The molecule has 0 bridgehead atoms. The van der Waals surface area contributed by atoms with E-state index in [9.17, 15) is 18.4 Å². The molecule has 0 radical (unpaired) electrons. The summed E-state index contributed by atoms with van der Waals surface area (Å²) in [5.41, 5.74) is 14.5. The largest absolute Gasteiger partial charge is 0.494 e. The first-order valence-corrected chi connectivity index (χ1v) is 15.3. The lowest BCUT2D eigenvalue weighted by Crippen LogP contribution is -2.48. The van der Waals surface area contributed by atoms with E-state index in [1.54, 1.807) is 28.8 Å². The van der Waals surface area contributed by atoms with E-state index in [0.29, 0.717) is 53.7 Å². The van der Waals surface area contributed by atoms with Crippen molar-refractivity contribution in [1.82, 2.24) is 30.3 Å². The number of nitrogens with one attached hydrogen (secondary N) is 4. The summed E-state index contributed by atoms with van der Waals surface area (Å²) in [5.74, 6) is -2.05. The molecule has 47 heavy (non-hydrogen) atoms. The quantitative estimate of drug-likeness (QED) is 0.113. The zero-order chi connectivity index (χ0) is 34.1. The maximum absolute atomic E-state index is 14.9. The number of allylic oxidation sites excluding steroid dienone is 1. The second-order valence-corrected chi connectivity index (χ2v) is 11.0. The Morgan fingerprint density at radius 2 is 1.81 bits per heavy atom. The number of rotatable bonds is 15. The van der Waals surface area contributed by atoms with Crippen molar-refractivity contribution in [2.45, 2.75) is 39.7 Å². The van der Waals surface area contributed by atoms with Crippen molar-refractivity contribution in [3.05, 3.63) is 83.6 Å². The topological polar surface area (TPSA) is 174 Å². The molecular formula is C33H41F2N9O3. The molecular weight excluding hydrogens is 608 g/mol. The smallest absolute Gasteiger partial charge is 0.251 e. The van der Waals surface area contributed by atoms with Gasteiger partial charge in [-0.15, -0.1) is 0 Å². The van der Waals surface area contributed by atoms with Crippen LogP contribution in [0.25, 0.3) is 16.9 Å². The van der Waals surface area contributed by atoms with Gasteiger partial charge in [-0.25, -0.2) is 14.4 Å². The molecule has 2 heterocycles. The number of aryl methyl sites for hydroxylation is 1. The normalized spacial score (nSPS) is 12.8. The van der Waals surface area contributed by atoms with Crippen LogP contribution in [0.2, 0.25) is 0 Å². The first-order valence-electron chi connectivity index (χ1n) is 15.3. The molecule has 12 nitrogen and oxygen atoms in total. The molecule has 0 saturated heterocycles. The summed E-state index contributed by atoms with van der Waals surface area (Å²) in [5, 5.41) is 11.9. The average molecular weight is 650 g/mol. The van der Waals surface area contributed by atoms with Crippen LogP contribution in [-0.2, 0) is 11.2 Å². The van der Waals surface area contributed by atoms with Crippen LogP contribution in [0.3, 0.4) is 0 Å². The van der Waals surface area contributed by atoms with E-state index >= 15 is 0 Å². The molecule has 0 fully saturated rings. The number of halogens is 2. The number of imidazole rings is 1.